The number of ether oxygens (including phenoxy) is 2. The molecule has 0 saturated carbocycles. The van der Waals surface area contributed by atoms with Gasteiger partial charge in [-0.3, -0.25) is 4.79 Å². The number of nitrogens with zero attached hydrogens (tertiary/aromatic N) is 1. The molecule has 0 unspecified atom stereocenters. The van der Waals surface area contributed by atoms with Crippen LogP contribution in [0.15, 0.2) is 42.6 Å². The zero-order valence-electron chi connectivity index (χ0n) is 12.0. The fourth-order valence-corrected chi connectivity index (χ4v) is 1.75. The zero-order valence-corrected chi connectivity index (χ0v) is 12.8. The van der Waals surface area contributed by atoms with E-state index in [0.717, 1.165) is 6.07 Å². The van der Waals surface area contributed by atoms with E-state index < -0.39 is 25.1 Å². The van der Waals surface area contributed by atoms with Crippen molar-refractivity contribution in [3.8, 4) is 5.75 Å². The number of halogens is 3. The van der Waals surface area contributed by atoms with Crippen LogP contribution in [0.25, 0.3) is 0 Å². The van der Waals surface area contributed by atoms with Crippen LogP contribution in [0.4, 0.5) is 14.6 Å². The molecule has 0 radical (unpaired) electrons. The standard InChI is InChI=1S/C15H11ClF2N2O4/c16-10-4-5-12(19-7-10)20-13(21)8-23-14(22)9-2-1-3-11(6-9)24-15(17)18/h1-7,15H,8H2,(H,19,20,21). The van der Waals surface area contributed by atoms with Gasteiger partial charge in [-0.2, -0.15) is 8.78 Å². The van der Waals surface area contributed by atoms with Crippen molar-refractivity contribution < 1.29 is 27.8 Å². The number of carbonyl (C=O) groups excluding carboxylic acids is 2. The van der Waals surface area contributed by atoms with Gasteiger partial charge in [0.2, 0.25) is 0 Å². The summed E-state index contributed by atoms with van der Waals surface area (Å²) >= 11 is 5.66. The van der Waals surface area contributed by atoms with Crippen LogP contribution in [0.5, 0.6) is 5.75 Å². The third kappa shape index (κ3) is 5.47. The van der Waals surface area contributed by atoms with Crippen molar-refractivity contribution in [1.29, 1.82) is 0 Å². The van der Waals surface area contributed by atoms with Crippen LogP contribution in [0, 0.1) is 0 Å². The first kappa shape index (κ1) is 17.6. The Hall–Kier alpha value is -2.74. The average Bonchev–Trinajstić information content (AvgIpc) is 2.54. The van der Waals surface area contributed by atoms with Crippen molar-refractivity contribution in [2.45, 2.75) is 6.61 Å². The fraction of sp³-hybridized carbons (Fsp3) is 0.133. The Kier molecular flexibility index (Phi) is 6.02. The van der Waals surface area contributed by atoms with Crippen LogP contribution in [-0.2, 0) is 9.53 Å². The highest BCUT2D eigenvalue weighted by Crippen LogP contribution is 2.16. The molecule has 0 fully saturated rings. The Morgan fingerprint density at radius 3 is 2.71 bits per heavy atom. The third-order valence-electron chi connectivity index (χ3n) is 2.62. The molecule has 0 saturated heterocycles. The molecule has 0 atom stereocenters. The molecule has 9 heteroatoms. The number of esters is 1. The lowest BCUT2D eigenvalue weighted by Gasteiger charge is -2.08. The number of anilines is 1. The number of aromatic nitrogens is 1. The van der Waals surface area contributed by atoms with Crippen molar-refractivity contribution in [1.82, 2.24) is 4.98 Å². The van der Waals surface area contributed by atoms with Gasteiger partial charge < -0.3 is 14.8 Å². The monoisotopic (exact) mass is 356 g/mol. The maximum Gasteiger partial charge on any atom is 0.387 e. The first-order valence-electron chi connectivity index (χ1n) is 6.57. The summed E-state index contributed by atoms with van der Waals surface area (Å²) in [6.07, 6.45) is 1.34. The number of pyridine rings is 1. The molecule has 24 heavy (non-hydrogen) atoms. The highest BCUT2D eigenvalue weighted by atomic mass is 35.5. The Labute approximate surface area is 140 Å². The van der Waals surface area contributed by atoms with Gasteiger partial charge >= 0.3 is 12.6 Å². The first-order valence-corrected chi connectivity index (χ1v) is 6.95. The molecule has 2 rings (SSSR count). The molecule has 1 aromatic heterocycles. The maximum absolute atomic E-state index is 12.1. The van der Waals surface area contributed by atoms with Crippen LogP contribution in [0.3, 0.4) is 0 Å². The molecule has 126 valence electrons. The molecule has 1 N–H and O–H groups in total. The second-order valence-corrected chi connectivity index (χ2v) is 4.83. The Balaban J connectivity index is 1.88. The van der Waals surface area contributed by atoms with E-state index in [-0.39, 0.29) is 17.1 Å². The van der Waals surface area contributed by atoms with E-state index in [1.54, 1.807) is 0 Å². The molecule has 0 aliphatic heterocycles. The fourth-order valence-electron chi connectivity index (χ4n) is 1.64. The lowest BCUT2D eigenvalue weighted by molar-refractivity contribution is -0.119. The molecule has 1 aromatic carbocycles. The summed E-state index contributed by atoms with van der Waals surface area (Å²) in [6, 6.07) is 8.07. The number of benzene rings is 1. The Morgan fingerprint density at radius 2 is 2.04 bits per heavy atom. The summed E-state index contributed by atoms with van der Waals surface area (Å²) in [5, 5.41) is 2.81. The second kappa shape index (κ2) is 8.21. The molecule has 0 spiro atoms. The molecule has 6 nitrogen and oxygen atoms in total. The largest absolute Gasteiger partial charge is 0.452 e. The molecule has 0 aliphatic rings. The predicted molar refractivity (Wildman–Crippen MR) is 81.2 cm³/mol. The molecule has 0 bridgehead atoms. The van der Waals surface area contributed by atoms with Crippen LogP contribution in [0.1, 0.15) is 10.4 Å². The van der Waals surface area contributed by atoms with Crippen molar-refractivity contribution in [2.75, 3.05) is 11.9 Å². The van der Waals surface area contributed by atoms with Crippen LogP contribution in [-0.4, -0.2) is 30.1 Å². The van der Waals surface area contributed by atoms with E-state index >= 15 is 0 Å². The average molecular weight is 357 g/mol. The maximum atomic E-state index is 12.1. The van der Waals surface area contributed by atoms with Crippen LogP contribution in [0.2, 0.25) is 5.02 Å². The Morgan fingerprint density at radius 1 is 1.25 bits per heavy atom. The Bertz CT molecular complexity index is 726. The highest BCUT2D eigenvalue weighted by Gasteiger charge is 2.13. The number of alkyl halides is 2. The van der Waals surface area contributed by atoms with Gasteiger partial charge in [0.05, 0.1) is 10.6 Å². The lowest BCUT2D eigenvalue weighted by Crippen LogP contribution is -2.21. The second-order valence-electron chi connectivity index (χ2n) is 4.39. The van der Waals surface area contributed by atoms with Gasteiger partial charge in [0.15, 0.2) is 6.61 Å². The predicted octanol–water partition coefficient (Wildman–Crippen LogP) is 3.13. The topological polar surface area (TPSA) is 77.5 Å². The normalized spacial score (nSPS) is 10.3. The van der Waals surface area contributed by atoms with Gasteiger partial charge in [0, 0.05) is 6.20 Å². The van der Waals surface area contributed by atoms with Crippen molar-refractivity contribution in [3.63, 3.8) is 0 Å². The summed E-state index contributed by atoms with van der Waals surface area (Å²) in [5.74, 6) is -1.41. The first-order chi connectivity index (χ1) is 11.4. The molecule has 1 heterocycles. The number of carbonyl (C=O) groups is 2. The number of hydrogen-bond acceptors (Lipinski definition) is 5. The van der Waals surface area contributed by atoms with E-state index in [2.05, 4.69) is 15.0 Å². The molecular formula is C15H11ClF2N2O4. The van der Waals surface area contributed by atoms with Gasteiger partial charge in [0.25, 0.3) is 5.91 Å². The van der Waals surface area contributed by atoms with Gasteiger partial charge in [-0.1, -0.05) is 17.7 Å². The minimum atomic E-state index is -3.01. The van der Waals surface area contributed by atoms with E-state index in [0.29, 0.717) is 5.02 Å². The van der Waals surface area contributed by atoms with Crippen LogP contribution < -0.4 is 10.1 Å². The van der Waals surface area contributed by atoms with Gasteiger partial charge in [-0.15, -0.1) is 0 Å². The van der Waals surface area contributed by atoms with Gasteiger partial charge in [-0.25, -0.2) is 9.78 Å². The number of hydrogen-bond donors (Lipinski definition) is 1. The van der Waals surface area contributed by atoms with E-state index in [1.807, 2.05) is 0 Å². The van der Waals surface area contributed by atoms with Crippen molar-refractivity contribution in [3.05, 3.63) is 53.2 Å². The smallest absolute Gasteiger partial charge is 0.387 e. The van der Waals surface area contributed by atoms with E-state index in [4.69, 9.17) is 16.3 Å². The summed E-state index contributed by atoms with van der Waals surface area (Å²) in [5.41, 5.74) is -0.0226. The summed E-state index contributed by atoms with van der Waals surface area (Å²) in [7, 11) is 0. The van der Waals surface area contributed by atoms with Gasteiger partial charge in [0.1, 0.15) is 11.6 Å². The zero-order chi connectivity index (χ0) is 17.5. The molecule has 0 aliphatic carbocycles. The molecular weight excluding hydrogens is 346 g/mol. The summed E-state index contributed by atoms with van der Waals surface area (Å²) < 4.78 is 33.2. The summed E-state index contributed by atoms with van der Waals surface area (Å²) in [6.45, 7) is -3.57. The minimum Gasteiger partial charge on any atom is -0.452 e. The SMILES string of the molecule is O=C(COC(=O)c1cccc(OC(F)F)c1)Nc1ccc(Cl)cn1. The number of nitrogens with one attached hydrogen (secondary N) is 1. The molecule has 1 amide bonds. The van der Waals surface area contributed by atoms with Gasteiger partial charge in [-0.05, 0) is 30.3 Å². The van der Waals surface area contributed by atoms with E-state index in [9.17, 15) is 18.4 Å². The number of amides is 1. The quantitative estimate of drug-likeness (QED) is 0.805. The summed E-state index contributed by atoms with van der Waals surface area (Å²) in [4.78, 5) is 27.3. The minimum absolute atomic E-state index is 0.0226. The number of rotatable bonds is 6. The van der Waals surface area contributed by atoms with Crippen molar-refractivity contribution in [2.24, 2.45) is 0 Å². The lowest BCUT2D eigenvalue weighted by atomic mass is 10.2. The van der Waals surface area contributed by atoms with Crippen LogP contribution >= 0.6 is 11.6 Å². The highest BCUT2D eigenvalue weighted by molar-refractivity contribution is 6.30. The van der Waals surface area contributed by atoms with E-state index in [1.165, 1.54) is 36.5 Å². The van der Waals surface area contributed by atoms with Crippen molar-refractivity contribution >= 4 is 29.3 Å². The molecule has 2 aromatic rings. The third-order valence-corrected chi connectivity index (χ3v) is 2.85.